The van der Waals surface area contributed by atoms with E-state index in [2.05, 4.69) is 5.10 Å². The molecular formula is C17H15ClN4O3S. The maximum Gasteiger partial charge on any atom is 0.350 e. The van der Waals surface area contributed by atoms with Gasteiger partial charge in [0, 0.05) is 11.6 Å². The third-order valence-corrected chi connectivity index (χ3v) is 6.36. The molecule has 2 aromatic carbocycles. The number of fused-ring (bicyclic) bond motifs is 1. The number of benzene rings is 2. The number of rotatable bonds is 3. The molecule has 4 rings (SSSR count). The number of aromatic nitrogens is 3. The molecule has 1 aromatic heterocycles. The van der Waals surface area contributed by atoms with Gasteiger partial charge >= 0.3 is 5.69 Å². The molecule has 7 nitrogen and oxygen atoms in total. The summed E-state index contributed by atoms with van der Waals surface area (Å²) < 4.78 is 29.7. The van der Waals surface area contributed by atoms with Crippen molar-refractivity contribution in [2.45, 2.75) is 18.0 Å². The molecule has 134 valence electrons. The second kappa shape index (κ2) is 6.48. The van der Waals surface area contributed by atoms with Crippen LogP contribution in [0.15, 0.2) is 64.3 Å². The van der Waals surface area contributed by atoms with Gasteiger partial charge in [0.05, 0.1) is 12.2 Å². The van der Waals surface area contributed by atoms with Crippen molar-refractivity contribution >= 4 is 22.0 Å². The van der Waals surface area contributed by atoms with Gasteiger partial charge in [-0.25, -0.2) is 4.79 Å². The van der Waals surface area contributed by atoms with Gasteiger partial charge in [0.1, 0.15) is 6.54 Å². The Hall–Kier alpha value is -2.26. The Morgan fingerprint density at radius 3 is 2.58 bits per heavy atom. The van der Waals surface area contributed by atoms with Crippen LogP contribution in [0.5, 0.6) is 0 Å². The lowest BCUT2D eigenvalue weighted by molar-refractivity contribution is 0.300. The summed E-state index contributed by atoms with van der Waals surface area (Å²) in [5.41, 5.74) is 0.237. The van der Waals surface area contributed by atoms with Crippen LogP contribution in [0.4, 0.5) is 0 Å². The molecule has 1 aliphatic rings. The van der Waals surface area contributed by atoms with Crippen LogP contribution >= 0.6 is 11.6 Å². The summed E-state index contributed by atoms with van der Waals surface area (Å²) in [4.78, 5) is 12.8. The highest BCUT2D eigenvalue weighted by atomic mass is 35.5. The predicted octanol–water partition coefficient (Wildman–Crippen LogP) is 2.11. The van der Waals surface area contributed by atoms with E-state index in [0.717, 1.165) is 0 Å². The fourth-order valence-corrected chi connectivity index (χ4v) is 4.54. The summed E-state index contributed by atoms with van der Waals surface area (Å²) in [5, 5.41) is 4.82. The lowest BCUT2D eigenvalue weighted by Gasteiger charge is -2.29. The summed E-state index contributed by atoms with van der Waals surface area (Å²) in [7, 11) is -3.63. The van der Waals surface area contributed by atoms with E-state index in [1.54, 1.807) is 54.6 Å². The molecule has 1 unspecified atom stereocenters. The van der Waals surface area contributed by atoms with Crippen LogP contribution in [0.1, 0.15) is 5.82 Å². The fraction of sp³-hybridized carbons (Fsp3) is 0.176. The van der Waals surface area contributed by atoms with Crippen molar-refractivity contribution in [1.82, 2.24) is 18.7 Å². The Balaban J connectivity index is 1.69. The first-order valence-electron chi connectivity index (χ1n) is 7.97. The Bertz CT molecular complexity index is 1060. The molecule has 1 aliphatic heterocycles. The summed E-state index contributed by atoms with van der Waals surface area (Å²) in [6.07, 6.45) is 0. The van der Waals surface area contributed by atoms with E-state index < -0.39 is 10.4 Å². The van der Waals surface area contributed by atoms with Crippen molar-refractivity contribution in [3.63, 3.8) is 0 Å². The van der Waals surface area contributed by atoms with Crippen molar-refractivity contribution in [3.8, 4) is 5.69 Å². The lowest BCUT2D eigenvalue weighted by atomic mass is 10.3. The first-order chi connectivity index (χ1) is 12.5. The Kier molecular flexibility index (Phi) is 4.28. The van der Waals surface area contributed by atoms with Crippen LogP contribution in [-0.2, 0) is 27.7 Å². The van der Waals surface area contributed by atoms with Crippen molar-refractivity contribution in [3.05, 3.63) is 75.9 Å². The zero-order valence-corrected chi connectivity index (χ0v) is 15.2. The highest BCUT2D eigenvalue weighted by molar-refractivity contribution is 7.95. The molecule has 0 amide bonds. The minimum absolute atomic E-state index is 0.0417. The highest BCUT2D eigenvalue weighted by Crippen LogP contribution is 2.24. The number of hydrogen-bond acceptors (Lipinski definition) is 4. The van der Waals surface area contributed by atoms with Gasteiger partial charge < -0.3 is 4.55 Å². The standard InChI is InChI=1S/C17H15ClN4O3S/c18-13-5-4-6-14(11-13)22-17(23)21-10-9-20(12-16(21)19-22)26(24,25)15-7-2-1-3-8-15/h1-8,11H,9-10,12H2. The SMILES string of the molecule is O=c1n(-c2cccc(Cl)c2)nc2n1CCN([S+](=O)([O-])c1ccccc1)C2. The van der Waals surface area contributed by atoms with Gasteiger partial charge in [-0.1, -0.05) is 40.1 Å². The van der Waals surface area contributed by atoms with Crippen molar-refractivity contribution in [1.29, 1.82) is 0 Å². The van der Waals surface area contributed by atoms with Crippen LogP contribution in [0, 0.1) is 0 Å². The van der Waals surface area contributed by atoms with Crippen molar-refractivity contribution in [2.75, 3.05) is 6.54 Å². The summed E-state index contributed by atoms with van der Waals surface area (Å²) >= 11 is 5.99. The molecule has 3 aromatic rings. The number of hydrogen-bond donors (Lipinski definition) is 0. The third kappa shape index (κ3) is 2.90. The molecule has 0 radical (unpaired) electrons. The van der Waals surface area contributed by atoms with E-state index in [9.17, 15) is 13.6 Å². The van der Waals surface area contributed by atoms with Crippen LogP contribution in [0.2, 0.25) is 5.02 Å². The lowest BCUT2D eigenvalue weighted by Crippen LogP contribution is -2.43. The smallest absolute Gasteiger partial charge is 0.350 e. The summed E-state index contributed by atoms with van der Waals surface area (Å²) in [6.45, 7) is 0.506. The highest BCUT2D eigenvalue weighted by Gasteiger charge is 2.35. The normalized spacial score (nSPS) is 16.8. The van der Waals surface area contributed by atoms with E-state index in [0.29, 0.717) is 16.5 Å². The van der Waals surface area contributed by atoms with Crippen LogP contribution in [0.25, 0.3) is 5.69 Å². The van der Waals surface area contributed by atoms with E-state index >= 15 is 0 Å². The first-order valence-corrected chi connectivity index (χ1v) is 9.78. The Morgan fingerprint density at radius 1 is 1.08 bits per heavy atom. The van der Waals surface area contributed by atoms with Gasteiger partial charge in [-0.15, -0.1) is 9.40 Å². The van der Waals surface area contributed by atoms with Crippen LogP contribution < -0.4 is 5.69 Å². The monoisotopic (exact) mass is 390 g/mol. The molecule has 2 heterocycles. The second-order valence-electron chi connectivity index (χ2n) is 5.89. The molecule has 0 fully saturated rings. The average Bonchev–Trinajstić information content (AvgIpc) is 2.99. The molecule has 0 spiro atoms. The topological polar surface area (TPSA) is 83.2 Å². The minimum Gasteiger partial charge on any atom is -0.593 e. The molecule has 0 aliphatic carbocycles. The van der Waals surface area contributed by atoms with Gasteiger partial charge in [0.25, 0.3) is 0 Å². The maximum atomic E-state index is 12.8. The van der Waals surface area contributed by atoms with Gasteiger partial charge in [-0.05, 0) is 30.3 Å². The quantitative estimate of drug-likeness (QED) is 0.641. The predicted molar refractivity (Wildman–Crippen MR) is 96.8 cm³/mol. The first kappa shape index (κ1) is 17.2. The van der Waals surface area contributed by atoms with Crippen LogP contribution in [0.3, 0.4) is 0 Å². The van der Waals surface area contributed by atoms with E-state index in [4.69, 9.17) is 11.6 Å². The molecule has 0 bridgehead atoms. The van der Waals surface area contributed by atoms with E-state index in [1.165, 1.54) is 13.6 Å². The second-order valence-corrected chi connectivity index (χ2v) is 8.27. The molecule has 0 saturated carbocycles. The van der Waals surface area contributed by atoms with Gasteiger partial charge in [0.15, 0.2) is 21.1 Å². The van der Waals surface area contributed by atoms with Gasteiger partial charge in [-0.2, -0.15) is 4.68 Å². The van der Waals surface area contributed by atoms with Gasteiger partial charge in [0.2, 0.25) is 0 Å². The zero-order chi connectivity index (χ0) is 18.3. The summed E-state index contributed by atoms with van der Waals surface area (Å²) in [5.74, 6) is 0.403. The zero-order valence-electron chi connectivity index (χ0n) is 13.6. The molecule has 0 saturated heterocycles. The van der Waals surface area contributed by atoms with Crippen molar-refractivity contribution < 1.29 is 8.76 Å². The van der Waals surface area contributed by atoms with E-state index in [1.807, 2.05) is 0 Å². The van der Waals surface area contributed by atoms with Crippen molar-refractivity contribution in [2.24, 2.45) is 0 Å². The van der Waals surface area contributed by atoms with E-state index in [-0.39, 0.29) is 30.2 Å². The average molecular weight is 391 g/mol. The number of sulfonamides is 1. The van der Waals surface area contributed by atoms with Gasteiger partial charge in [-0.3, -0.25) is 4.57 Å². The Labute approximate surface area is 155 Å². The van der Waals surface area contributed by atoms with Crippen LogP contribution in [-0.4, -0.2) is 29.8 Å². The minimum atomic E-state index is -3.63. The largest absolute Gasteiger partial charge is 0.593 e. The molecule has 9 heteroatoms. The summed E-state index contributed by atoms with van der Waals surface area (Å²) in [6, 6.07) is 15.0. The molecular weight excluding hydrogens is 376 g/mol. The third-order valence-electron chi connectivity index (χ3n) is 4.26. The molecule has 0 N–H and O–H groups in total. The number of nitrogens with zero attached hydrogens (tertiary/aromatic N) is 4. The number of halogens is 1. The molecule has 1 atom stereocenters. The fourth-order valence-electron chi connectivity index (χ4n) is 2.95. The Morgan fingerprint density at radius 2 is 1.85 bits per heavy atom. The maximum absolute atomic E-state index is 12.8. The molecule has 26 heavy (non-hydrogen) atoms.